The zero-order valence-corrected chi connectivity index (χ0v) is 10.4. The van der Waals surface area contributed by atoms with Crippen molar-refractivity contribution in [2.45, 2.75) is 33.2 Å². The fraction of sp³-hybridized carbons (Fsp3) is 0.462. The monoisotopic (exact) mass is 231 g/mol. The van der Waals surface area contributed by atoms with Crippen molar-refractivity contribution in [2.24, 2.45) is 11.0 Å². The lowest BCUT2D eigenvalue weighted by atomic mass is 9.97. The van der Waals surface area contributed by atoms with E-state index in [9.17, 15) is 4.79 Å². The molecule has 0 radical (unpaired) electrons. The maximum Gasteiger partial charge on any atom is 0.246 e. The van der Waals surface area contributed by atoms with Crippen LogP contribution >= 0.6 is 0 Å². The Morgan fingerprint density at radius 1 is 1.35 bits per heavy atom. The Balaban J connectivity index is 2.35. The van der Waals surface area contributed by atoms with Crippen molar-refractivity contribution >= 4 is 11.6 Å². The molecule has 0 saturated carbocycles. The predicted octanol–water partition coefficient (Wildman–Crippen LogP) is 2.06. The highest BCUT2D eigenvalue weighted by molar-refractivity contribution is 6.04. The number of aromatic nitrogens is 1. The standard InChI is InChI=1S/C13H17N3O/c1-9(2)16-13(17)10(3)8-12(15-16)11-4-6-14-7-5-11/h4-7,9-10H,8H2,1-3H3. The van der Waals surface area contributed by atoms with Gasteiger partial charge in [-0.05, 0) is 26.0 Å². The summed E-state index contributed by atoms with van der Waals surface area (Å²) >= 11 is 0. The first-order valence-corrected chi connectivity index (χ1v) is 5.90. The van der Waals surface area contributed by atoms with Crippen LogP contribution in [-0.2, 0) is 4.79 Å². The van der Waals surface area contributed by atoms with Crippen molar-refractivity contribution in [1.29, 1.82) is 0 Å². The Labute approximate surface area is 101 Å². The summed E-state index contributed by atoms with van der Waals surface area (Å²) in [5.74, 6) is 0.107. The molecule has 0 aliphatic carbocycles. The van der Waals surface area contributed by atoms with E-state index in [1.165, 1.54) is 0 Å². The molecular formula is C13H17N3O. The van der Waals surface area contributed by atoms with Gasteiger partial charge in [-0.1, -0.05) is 6.92 Å². The van der Waals surface area contributed by atoms with Crippen molar-refractivity contribution in [3.8, 4) is 0 Å². The molecule has 1 unspecified atom stereocenters. The Bertz CT molecular complexity index is 439. The number of pyridine rings is 1. The minimum Gasteiger partial charge on any atom is -0.273 e. The van der Waals surface area contributed by atoms with Gasteiger partial charge in [0.05, 0.1) is 5.71 Å². The van der Waals surface area contributed by atoms with Gasteiger partial charge < -0.3 is 0 Å². The predicted molar refractivity (Wildman–Crippen MR) is 66.5 cm³/mol. The van der Waals surface area contributed by atoms with E-state index in [0.717, 1.165) is 11.3 Å². The van der Waals surface area contributed by atoms with Gasteiger partial charge in [0.1, 0.15) is 0 Å². The molecule has 1 aromatic heterocycles. The molecule has 0 spiro atoms. The zero-order chi connectivity index (χ0) is 12.4. The van der Waals surface area contributed by atoms with E-state index in [-0.39, 0.29) is 17.9 Å². The summed E-state index contributed by atoms with van der Waals surface area (Å²) in [7, 11) is 0. The van der Waals surface area contributed by atoms with Crippen LogP contribution in [0.15, 0.2) is 29.6 Å². The number of nitrogens with zero attached hydrogens (tertiary/aromatic N) is 3. The summed E-state index contributed by atoms with van der Waals surface area (Å²) < 4.78 is 0. The quantitative estimate of drug-likeness (QED) is 0.782. The van der Waals surface area contributed by atoms with Crippen molar-refractivity contribution in [3.05, 3.63) is 30.1 Å². The SMILES string of the molecule is CC1CC(c2ccncc2)=NN(C(C)C)C1=O. The van der Waals surface area contributed by atoms with Gasteiger partial charge in [-0.15, -0.1) is 0 Å². The summed E-state index contributed by atoms with van der Waals surface area (Å²) in [6.45, 7) is 5.90. The van der Waals surface area contributed by atoms with Crippen LogP contribution in [0.1, 0.15) is 32.8 Å². The van der Waals surface area contributed by atoms with Crippen LogP contribution in [0.25, 0.3) is 0 Å². The summed E-state index contributed by atoms with van der Waals surface area (Å²) in [4.78, 5) is 15.9. The van der Waals surface area contributed by atoms with Crippen LogP contribution in [-0.4, -0.2) is 27.7 Å². The number of carbonyl (C=O) groups excluding carboxylic acids is 1. The molecule has 0 fully saturated rings. The fourth-order valence-corrected chi connectivity index (χ4v) is 1.91. The van der Waals surface area contributed by atoms with Gasteiger partial charge in [-0.25, -0.2) is 5.01 Å². The summed E-state index contributed by atoms with van der Waals surface area (Å²) in [6, 6.07) is 3.96. The molecule has 0 saturated heterocycles. The number of hydrazone groups is 1. The van der Waals surface area contributed by atoms with Gasteiger partial charge in [0.25, 0.3) is 0 Å². The molecule has 1 amide bonds. The zero-order valence-electron chi connectivity index (χ0n) is 10.4. The van der Waals surface area contributed by atoms with Gasteiger partial charge in [0, 0.05) is 36.3 Å². The number of hydrogen-bond acceptors (Lipinski definition) is 3. The molecule has 2 heterocycles. The Morgan fingerprint density at radius 2 is 2.00 bits per heavy atom. The van der Waals surface area contributed by atoms with Gasteiger partial charge in [0.2, 0.25) is 5.91 Å². The number of carbonyl (C=O) groups is 1. The average molecular weight is 231 g/mol. The minimum absolute atomic E-state index is 0.00179. The fourth-order valence-electron chi connectivity index (χ4n) is 1.91. The highest BCUT2D eigenvalue weighted by atomic mass is 16.2. The Kier molecular flexibility index (Phi) is 3.22. The second-order valence-corrected chi connectivity index (χ2v) is 4.66. The molecule has 1 aromatic rings. The summed E-state index contributed by atoms with van der Waals surface area (Å²) in [6.07, 6.45) is 4.20. The Hall–Kier alpha value is -1.71. The molecule has 17 heavy (non-hydrogen) atoms. The third-order valence-electron chi connectivity index (χ3n) is 2.88. The van der Waals surface area contributed by atoms with Crippen LogP contribution in [0.5, 0.6) is 0 Å². The van der Waals surface area contributed by atoms with Crippen LogP contribution < -0.4 is 0 Å². The van der Waals surface area contributed by atoms with Gasteiger partial charge in [-0.2, -0.15) is 5.10 Å². The van der Waals surface area contributed by atoms with Crippen LogP contribution in [0, 0.1) is 5.92 Å². The molecule has 4 nitrogen and oxygen atoms in total. The number of amides is 1. The normalized spacial score (nSPS) is 20.7. The van der Waals surface area contributed by atoms with Gasteiger partial charge >= 0.3 is 0 Å². The largest absolute Gasteiger partial charge is 0.273 e. The average Bonchev–Trinajstić information content (AvgIpc) is 2.33. The van der Waals surface area contributed by atoms with Gasteiger partial charge in [-0.3, -0.25) is 9.78 Å². The highest BCUT2D eigenvalue weighted by Crippen LogP contribution is 2.21. The van der Waals surface area contributed by atoms with Crippen LogP contribution in [0.4, 0.5) is 0 Å². The minimum atomic E-state index is -0.00179. The lowest BCUT2D eigenvalue weighted by Gasteiger charge is -2.30. The Morgan fingerprint density at radius 3 is 2.59 bits per heavy atom. The van der Waals surface area contributed by atoms with Crippen molar-refractivity contribution < 1.29 is 4.79 Å². The first-order chi connectivity index (χ1) is 8.09. The molecule has 0 bridgehead atoms. The smallest absolute Gasteiger partial charge is 0.246 e. The molecule has 1 atom stereocenters. The van der Waals surface area contributed by atoms with E-state index in [0.29, 0.717) is 6.42 Å². The topological polar surface area (TPSA) is 45.6 Å². The second-order valence-electron chi connectivity index (χ2n) is 4.66. The molecule has 0 N–H and O–H groups in total. The molecule has 2 rings (SSSR count). The van der Waals surface area contributed by atoms with Crippen LogP contribution in [0.3, 0.4) is 0 Å². The van der Waals surface area contributed by atoms with Crippen molar-refractivity contribution in [3.63, 3.8) is 0 Å². The summed E-state index contributed by atoms with van der Waals surface area (Å²) in [5, 5.41) is 6.04. The van der Waals surface area contributed by atoms with E-state index in [1.54, 1.807) is 17.4 Å². The lowest BCUT2D eigenvalue weighted by molar-refractivity contribution is -0.137. The number of rotatable bonds is 2. The van der Waals surface area contributed by atoms with E-state index < -0.39 is 0 Å². The van der Waals surface area contributed by atoms with Crippen LogP contribution in [0.2, 0.25) is 0 Å². The number of hydrogen-bond donors (Lipinski definition) is 0. The lowest BCUT2D eigenvalue weighted by Crippen LogP contribution is -2.41. The highest BCUT2D eigenvalue weighted by Gasteiger charge is 2.29. The molecule has 1 aliphatic rings. The molecule has 90 valence electrons. The van der Waals surface area contributed by atoms with E-state index in [4.69, 9.17) is 0 Å². The van der Waals surface area contributed by atoms with E-state index in [2.05, 4.69) is 10.1 Å². The van der Waals surface area contributed by atoms with Crippen molar-refractivity contribution in [2.75, 3.05) is 0 Å². The molecule has 4 heteroatoms. The molecule has 1 aliphatic heterocycles. The van der Waals surface area contributed by atoms with E-state index in [1.807, 2.05) is 32.9 Å². The third kappa shape index (κ3) is 2.35. The third-order valence-corrected chi connectivity index (χ3v) is 2.88. The maximum absolute atomic E-state index is 12.0. The second kappa shape index (κ2) is 4.65. The van der Waals surface area contributed by atoms with Gasteiger partial charge in [0.15, 0.2) is 0 Å². The first-order valence-electron chi connectivity index (χ1n) is 5.90. The molecular weight excluding hydrogens is 214 g/mol. The molecule has 0 aromatic carbocycles. The summed E-state index contributed by atoms with van der Waals surface area (Å²) in [5.41, 5.74) is 2.01. The van der Waals surface area contributed by atoms with E-state index >= 15 is 0 Å². The van der Waals surface area contributed by atoms with Crippen molar-refractivity contribution in [1.82, 2.24) is 9.99 Å². The maximum atomic E-state index is 12.0. The first kappa shape index (κ1) is 11.8.